The Morgan fingerprint density at radius 1 is 1.16 bits per heavy atom. The fraction of sp³-hybridized carbons (Fsp3) is 0.350. The summed E-state index contributed by atoms with van der Waals surface area (Å²) in [5.41, 5.74) is 8.20. The van der Waals surface area contributed by atoms with Crippen molar-refractivity contribution in [1.82, 2.24) is 4.90 Å². The molecule has 132 valence electrons. The van der Waals surface area contributed by atoms with Crippen molar-refractivity contribution in [3.8, 4) is 5.75 Å². The van der Waals surface area contributed by atoms with Gasteiger partial charge in [-0.15, -0.1) is 0 Å². The fourth-order valence-electron chi connectivity index (χ4n) is 3.27. The van der Waals surface area contributed by atoms with Crippen molar-refractivity contribution in [2.75, 3.05) is 25.0 Å². The number of piperidine rings is 1. The zero-order valence-corrected chi connectivity index (χ0v) is 14.5. The van der Waals surface area contributed by atoms with Crippen LogP contribution in [-0.4, -0.2) is 36.7 Å². The van der Waals surface area contributed by atoms with E-state index in [1.165, 1.54) is 5.56 Å². The summed E-state index contributed by atoms with van der Waals surface area (Å²) in [5, 5.41) is 2.94. The van der Waals surface area contributed by atoms with Gasteiger partial charge >= 0.3 is 6.03 Å². The third kappa shape index (κ3) is 4.51. The molecule has 1 saturated heterocycles. The quantitative estimate of drug-likeness (QED) is 0.897. The molecule has 3 N–H and O–H groups in total. The summed E-state index contributed by atoms with van der Waals surface area (Å²) in [6.07, 6.45) is 0.878. The number of ether oxygens (including phenoxy) is 1. The molecule has 3 rings (SSSR count). The summed E-state index contributed by atoms with van der Waals surface area (Å²) < 4.78 is 5.50. The number of carbonyl (C=O) groups excluding carboxylic acids is 1. The molecule has 2 atom stereocenters. The number of anilines is 1. The number of para-hydroxylation sites is 1. The van der Waals surface area contributed by atoms with Crippen LogP contribution in [0.1, 0.15) is 24.8 Å². The zero-order chi connectivity index (χ0) is 17.6. The molecule has 25 heavy (non-hydrogen) atoms. The third-order valence-corrected chi connectivity index (χ3v) is 4.46. The van der Waals surface area contributed by atoms with E-state index in [4.69, 9.17) is 10.5 Å². The van der Waals surface area contributed by atoms with E-state index in [0.29, 0.717) is 19.7 Å². The van der Waals surface area contributed by atoms with Crippen LogP contribution in [0.25, 0.3) is 0 Å². The third-order valence-electron chi connectivity index (χ3n) is 4.46. The molecule has 2 unspecified atom stereocenters. The van der Waals surface area contributed by atoms with Crippen molar-refractivity contribution in [2.24, 2.45) is 5.73 Å². The van der Waals surface area contributed by atoms with Crippen LogP contribution in [-0.2, 0) is 0 Å². The van der Waals surface area contributed by atoms with Crippen LogP contribution in [0.2, 0.25) is 0 Å². The Balaban J connectivity index is 1.67. The van der Waals surface area contributed by atoms with Gasteiger partial charge in [-0.1, -0.05) is 30.3 Å². The molecule has 0 radical (unpaired) electrons. The molecule has 1 aliphatic rings. The van der Waals surface area contributed by atoms with Crippen LogP contribution < -0.4 is 15.8 Å². The highest BCUT2D eigenvalue weighted by atomic mass is 16.5. The maximum absolute atomic E-state index is 12.6. The minimum absolute atomic E-state index is 0.0214. The second kappa shape index (κ2) is 8.03. The largest absolute Gasteiger partial charge is 0.494 e. The SMILES string of the molecule is CCOc1ccc(C2CC(N)CN(C(=O)Nc3ccccc3)C2)cc1. The maximum atomic E-state index is 12.6. The van der Waals surface area contributed by atoms with E-state index in [2.05, 4.69) is 17.4 Å². The molecule has 1 heterocycles. The van der Waals surface area contributed by atoms with Gasteiger partial charge in [0.2, 0.25) is 0 Å². The molecule has 2 aromatic rings. The highest BCUT2D eigenvalue weighted by Gasteiger charge is 2.29. The van der Waals surface area contributed by atoms with E-state index < -0.39 is 0 Å². The van der Waals surface area contributed by atoms with E-state index >= 15 is 0 Å². The van der Waals surface area contributed by atoms with Gasteiger partial charge in [-0.3, -0.25) is 0 Å². The van der Waals surface area contributed by atoms with Gasteiger partial charge in [0, 0.05) is 30.7 Å². The number of likely N-dealkylation sites (tertiary alicyclic amines) is 1. The molecule has 1 aliphatic heterocycles. The van der Waals surface area contributed by atoms with Crippen LogP contribution in [0.3, 0.4) is 0 Å². The van der Waals surface area contributed by atoms with E-state index in [0.717, 1.165) is 17.9 Å². The molecule has 2 amide bonds. The zero-order valence-electron chi connectivity index (χ0n) is 14.5. The molecular formula is C20H25N3O2. The molecule has 0 spiro atoms. The van der Waals surface area contributed by atoms with Gasteiger partial charge in [0.25, 0.3) is 0 Å². The topological polar surface area (TPSA) is 67.6 Å². The highest BCUT2D eigenvalue weighted by Crippen LogP contribution is 2.28. The Kier molecular flexibility index (Phi) is 5.56. The van der Waals surface area contributed by atoms with Crippen LogP contribution >= 0.6 is 0 Å². The van der Waals surface area contributed by atoms with Gasteiger partial charge in [-0.05, 0) is 43.2 Å². The minimum Gasteiger partial charge on any atom is -0.494 e. The van der Waals surface area contributed by atoms with Gasteiger partial charge in [0.15, 0.2) is 0 Å². The minimum atomic E-state index is -0.0997. The van der Waals surface area contributed by atoms with Gasteiger partial charge in [0.05, 0.1) is 6.61 Å². The van der Waals surface area contributed by atoms with Crippen molar-refractivity contribution < 1.29 is 9.53 Å². The lowest BCUT2D eigenvalue weighted by Gasteiger charge is -2.36. The van der Waals surface area contributed by atoms with E-state index in [-0.39, 0.29) is 18.0 Å². The monoisotopic (exact) mass is 339 g/mol. The number of amides is 2. The summed E-state index contributed by atoms with van der Waals surface area (Å²) in [6.45, 7) is 3.87. The van der Waals surface area contributed by atoms with E-state index in [9.17, 15) is 4.79 Å². The first-order valence-electron chi connectivity index (χ1n) is 8.75. The number of rotatable bonds is 4. The number of benzene rings is 2. The van der Waals surface area contributed by atoms with Crippen molar-refractivity contribution in [3.05, 3.63) is 60.2 Å². The number of carbonyl (C=O) groups is 1. The van der Waals surface area contributed by atoms with E-state index in [1.54, 1.807) is 0 Å². The van der Waals surface area contributed by atoms with Crippen molar-refractivity contribution in [2.45, 2.75) is 25.3 Å². The number of urea groups is 1. The summed E-state index contributed by atoms with van der Waals surface area (Å²) in [5.74, 6) is 1.10. The molecular weight excluding hydrogens is 314 g/mol. The number of nitrogens with one attached hydrogen (secondary N) is 1. The standard InChI is InChI=1S/C20H25N3O2/c1-2-25-19-10-8-15(9-11-19)16-12-17(21)14-23(13-16)20(24)22-18-6-4-3-5-7-18/h3-11,16-17H,2,12-14,21H2,1H3,(H,22,24). The van der Waals surface area contributed by atoms with Crippen LogP contribution in [0.5, 0.6) is 5.75 Å². The van der Waals surface area contributed by atoms with Gasteiger partial charge in [0.1, 0.15) is 5.75 Å². The molecule has 5 heteroatoms. The lowest BCUT2D eigenvalue weighted by Crippen LogP contribution is -2.50. The summed E-state index contributed by atoms with van der Waals surface area (Å²) >= 11 is 0. The molecule has 5 nitrogen and oxygen atoms in total. The predicted molar refractivity (Wildman–Crippen MR) is 100.0 cm³/mol. The fourth-order valence-corrected chi connectivity index (χ4v) is 3.27. The average Bonchev–Trinajstić information content (AvgIpc) is 2.63. The summed E-state index contributed by atoms with van der Waals surface area (Å²) in [7, 11) is 0. The van der Waals surface area contributed by atoms with Crippen molar-refractivity contribution in [3.63, 3.8) is 0 Å². The Morgan fingerprint density at radius 3 is 2.56 bits per heavy atom. The van der Waals surface area contributed by atoms with E-state index in [1.807, 2.05) is 54.3 Å². The Morgan fingerprint density at radius 2 is 1.88 bits per heavy atom. The lowest BCUT2D eigenvalue weighted by atomic mass is 9.88. The Bertz CT molecular complexity index is 688. The van der Waals surface area contributed by atoms with Crippen LogP contribution in [0.15, 0.2) is 54.6 Å². The summed E-state index contributed by atoms with van der Waals surface area (Å²) in [6, 6.07) is 17.5. The predicted octanol–water partition coefficient (Wildman–Crippen LogP) is 3.43. The Labute approximate surface area is 148 Å². The van der Waals surface area contributed by atoms with Crippen LogP contribution in [0.4, 0.5) is 10.5 Å². The molecule has 2 aromatic carbocycles. The van der Waals surface area contributed by atoms with Crippen molar-refractivity contribution in [1.29, 1.82) is 0 Å². The number of nitrogens with two attached hydrogens (primary N) is 1. The highest BCUT2D eigenvalue weighted by molar-refractivity contribution is 5.89. The van der Waals surface area contributed by atoms with Gasteiger partial charge < -0.3 is 20.7 Å². The summed E-state index contributed by atoms with van der Waals surface area (Å²) in [4.78, 5) is 14.4. The van der Waals surface area contributed by atoms with Crippen molar-refractivity contribution >= 4 is 11.7 Å². The normalized spacial score (nSPS) is 20.2. The second-order valence-electron chi connectivity index (χ2n) is 6.40. The first-order chi connectivity index (χ1) is 12.2. The van der Waals surface area contributed by atoms with Gasteiger partial charge in [-0.2, -0.15) is 0 Å². The number of hydrogen-bond acceptors (Lipinski definition) is 3. The first kappa shape index (κ1) is 17.3. The molecule has 0 aliphatic carbocycles. The smallest absolute Gasteiger partial charge is 0.321 e. The second-order valence-corrected chi connectivity index (χ2v) is 6.40. The number of hydrogen-bond donors (Lipinski definition) is 2. The molecule has 0 bridgehead atoms. The molecule has 0 aromatic heterocycles. The number of nitrogens with zero attached hydrogens (tertiary/aromatic N) is 1. The van der Waals surface area contributed by atoms with Crippen LogP contribution in [0, 0.1) is 0 Å². The molecule has 0 saturated carbocycles. The van der Waals surface area contributed by atoms with Gasteiger partial charge in [-0.25, -0.2) is 4.79 Å². The Hall–Kier alpha value is -2.53. The molecule has 1 fully saturated rings. The average molecular weight is 339 g/mol. The first-order valence-corrected chi connectivity index (χ1v) is 8.75. The lowest BCUT2D eigenvalue weighted by molar-refractivity contribution is 0.184. The maximum Gasteiger partial charge on any atom is 0.321 e.